The van der Waals surface area contributed by atoms with E-state index in [0.717, 1.165) is 11.6 Å². The van der Waals surface area contributed by atoms with E-state index in [1.165, 1.54) is 7.11 Å². The SMILES string of the molecule is COc1cccc(-c2cc(C(F)(F)F)nc(N[C@H](C)c3ccccc3)n2)c1. The minimum absolute atomic E-state index is 0.0843. The molecule has 0 saturated carbocycles. The molecule has 4 nitrogen and oxygen atoms in total. The van der Waals surface area contributed by atoms with Gasteiger partial charge in [0.25, 0.3) is 0 Å². The van der Waals surface area contributed by atoms with Crippen LogP contribution in [0, 0.1) is 0 Å². The summed E-state index contributed by atoms with van der Waals surface area (Å²) < 4.78 is 45.1. The lowest BCUT2D eigenvalue weighted by atomic mass is 10.1. The molecule has 0 radical (unpaired) electrons. The second-order valence-electron chi connectivity index (χ2n) is 5.97. The number of halogens is 3. The van der Waals surface area contributed by atoms with Gasteiger partial charge in [-0.1, -0.05) is 42.5 Å². The van der Waals surface area contributed by atoms with Crippen molar-refractivity contribution >= 4 is 5.95 Å². The molecule has 0 aliphatic carbocycles. The predicted octanol–water partition coefficient (Wildman–Crippen LogP) is 5.34. The zero-order valence-electron chi connectivity index (χ0n) is 14.8. The molecular formula is C20H18F3N3O. The first kappa shape index (κ1) is 18.7. The molecule has 7 heteroatoms. The van der Waals surface area contributed by atoms with Crippen LogP contribution in [0.5, 0.6) is 5.75 Å². The molecule has 0 saturated heterocycles. The number of benzene rings is 2. The van der Waals surface area contributed by atoms with Crippen LogP contribution in [0.25, 0.3) is 11.3 Å². The van der Waals surface area contributed by atoms with Gasteiger partial charge in [-0.25, -0.2) is 9.97 Å². The number of ether oxygens (including phenoxy) is 1. The average molecular weight is 373 g/mol. The highest BCUT2D eigenvalue weighted by Gasteiger charge is 2.34. The van der Waals surface area contributed by atoms with Crippen LogP contribution in [-0.4, -0.2) is 17.1 Å². The summed E-state index contributed by atoms with van der Waals surface area (Å²) in [4.78, 5) is 7.94. The Labute approximate surface area is 155 Å². The fraction of sp³-hybridized carbons (Fsp3) is 0.200. The second-order valence-corrected chi connectivity index (χ2v) is 5.97. The maximum absolute atomic E-state index is 13.3. The standard InChI is InChI=1S/C20H18F3N3O/c1-13(14-7-4-3-5-8-14)24-19-25-17(12-18(26-19)20(21,22)23)15-9-6-10-16(11-15)27-2/h3-13H,1-2H3,(H,24,25,26)/t13-/m1/s1. The first-order valence-electron chi connectivity index (χ1n) is 8.29. The Balaban J connectivity index is 2.00. The Hall–Kier alpha value is -3.09. The largest absolute Gasteiger partial charge is 0.497 e. The van der Waals surface area contributed by atoms with E-state index in [2.05, 4.69) is 15.3 Å². The summed E-state index contributed by atoms with van der Waals surface area (Å²) in [5.74, 6) is 0.450. The molecule has 0 unspecified atom stereocenters. The zero-order valence-corrected chi connectivity index (χ0v) is 14.8. The highest BCUT2D eigenvalue weighted by Crippen LogP contribution is 2.32. The number of nitrogens with zero attached hydrogens (tertiary/aromatic N) is 2. The van der Waals surface area contributed by atoms with Gasteiger partial charge in [-0.15, -0.1) is 0 Å². The summed E-state index contributed by atoms with van der Waals surface area (Å²) in [6.45, 7) is 1.84. The summed E-state index contributed by atoms with van der Waals surface area (Å²) in [5, 5.41) is 2.96. The summed E-state index contributed by atoms with van der Waals surface area (Å²) >= 11 is 0. The number of nitrogens with one attached hydrogen (secondary N) is 1. The molecule has 0 aliphatic heterocycles. The number of methoxy groups -OCH3 is 1. The molecule has 27 heavy (non-hydrogen) atoms. The highest BCUT2D eigenvalue weighted by atomic mass is 19.4. The number of rotatable bonds is 5. The third-order valence-corrected chi connectivity index (χ3v) is 4.03. The zero-order chi connectivity index (χ0) is 19.4. The van der Waals surface area contributed by atoms with Gasteiger partial charge in [0, 0.05) is 5.56 Å². The van der Waals surface area contributed by atoms with Gasteiger partial charge in [0.05, 0.1) is 18.8 Å². The molecular weight excluding hydrogens is 355 g/mol. The topological polar surface area (TPSA) is 47.0 Å². The van der Waals surface area contributed by atoms with Gasteiger partial charge in [0.1, 0.15) is 5.75 Å². The predicted molar refractivity (Wildman–Crippen MR) is 97.5 cm³/mol. The normalized spacial score (nSPS) is 12.5. The molecule has 3 aromatic rings. The first-order valence-corrected chi connectivity index (χ1v) is 8.29. The van der Waals surface area contributed by atoms with Crippen LogP contribution >= 0.6 is 0 Å². The number of aromatic nitrogens is 2. The minimum Gasteiger partial charge on any atom is -0.497 e. The van der Waals surface area contributed by atoms with Gasteiger partial charge < -0.3 is 10.1 Å². The van der Waals surface area contributed by atoms with Gasteiger partial charge >= 0.3 is 6.18 Å². The Morgan fingerprint density at radius 1 is 0.963 bits per heavy atom. The van der Waals surface area contributed by atoms with Gasteiger partial charge in [-0.2, -0.15) is 13.2 Å². The van der Waals surface area contributed by atoms with E-state index in [0.29, 0.717) is 11.3 Å². The Morgan fingerprint density at radius 2 is 1.70 bits per heavy atom. The molecule has 0 spiro atoms. The monoisotopic (exact) mass is 373 g/mol. The molecule has 3 rings (SSSR count). The fourth-order valence-electron chi connectivity index (χ4n) is 2.61. The molecule has 1 aromatic heterocycles. The van der Waals surface area contributed by atoms with Crippen LogP contribution in [-0.2, 0) is 6.18 Å². The van der Waals surface area contributed by atoms with E-state index in [-0.39, 0.29) is 17.7 Å². The molecule has 0 bridgehead atoms. The number of hydrogen-bond acceptors (Lipinski definition) is 4. The molecule has 0 aliphatic rings. The minimum atomic E-state index is -4.58. The molecule has 1 atom stereocenters. The van der Waals surface area contributed by atoms with Gasteiger partial charge in [-0.3, -0.25) is 0 Å². The van der Waals surface area contributed by atoms with E-state index in [4.69, 9.17) is 4.74 Å². The Kier molecular flexibility index (Phi) is 5.30. The molecule has 1 N–H and O–H groups in total. The number of alkyl halides is 3. The summed E-state index contributed by atoms with van der Waals surface area (Å²) in [7, 11) is 1.49. The fourth-order valence-corrected chi connectivity index (χ4v) is 2.61. The molecule has 1 heterocycles. The van der Waals surface area contributed by atoms with Crippen LogP contribution in [0.1, 0.15) is 24.2 Å². The van der Waals surface area contributed by atoms with Gasteiger partial charge in [0.2, 0.25) is 5.95 Å². The third kappa shape index (κ3) is 4.55. The van der Waals surface area contributed by atoms with E-state index in [1.807, 2.05) is 37.3 Å². The van der Waals surface area contributed by atoms with E-state index < -0.39 is 11.9 Å². The van der Waals surface area contributed by atoms with E-state index in [1.54, 1.807) is 24.3 Å². The van der Waals surface area contributed by atoms with Crippen molar-refractivity contribution in [2.24, 2.45) is 0 Å². The van der Waals surface area contributed by atoms with Crippen LogP contribution < -0.4 is 10.1 Å². The second kappa shape index (κ2) is 7.65. The van der Waals surface area contributed by atoms with Crippen LogP contribution in [0.2, 0.25) is 0 Å². The first-order chi connectivity index (χ1) is 12.9. The Morgan fingerprint density at radius 3 is 2.37 bits per heavy atom. The van der Waals surface area contributed by atoms with Crippen LogP contribution in [0.3, 0.4) is 0 Å². The summed E-state index contributed by atoms with van der Waals surface area (Å²) in [6.07, 6.45) is -4.58. The van der Waals surface area contributed by atoms with Crippen molar-refractivity contribution in [1.29, 1.82) is 0 Å². The maximum atomic E-state index is 13.3. The Bertz CT molecular complexity index is 914. The lowest BCUT2D eigenvalue weighted by Gasteiger charge is -2.16. The molecule has 2 aromatic carbocycles. The van der Waals surface area contributed by atoms with Crippen molar-refractivity contribution in [2.75, 3.05) is 12.4 Å². The smallest absolute Gasteiger partial charge is 0.433 e. The molecule has 0 amide bonds. The van der Waals surface area contributed by atoms with Crippen molar-refractivity contribution in [2.45, 2.75) is 19.1 Å². The summed E-state index contributed by atoms with van der Waals surface area (Å²) in [6, 6.07) is 16.8. The van der Waals surface area contributed by atoms with E-state index in [9.17, 15) is 13.2 Å². The van der Waals surface area contributed by atoms with Crippen molar-refractivity contribution in [3.63, 3.8) is 0 Å². The van der Waals surface area contributed by atoms with Crippen LogP contribution in [0.15, 0.2) is 60.7 Å². The highest BCUT2D eigenvalue weighted by molar-refractivity contribution is 5.63. The lowest BCUT2D eigenvalue weighted by molar-refractivity contribution is -0.141. The van der Waals surface area contributed by atoms with Gasteiger partial charge in [-0.05, 0) is 30.7 Å². The third-order valence-electron chi connectivity index (χ3n) is 4.03. The number of anilines is 1. The van der Waals surface area contributed by atoms with E-state index >= 15 is 0 Å². The van der Waals surface area contributed by atoms with Crippen molar-refractivity contribution in [3.05, 3.63) is 71.9 Å². The van der Waals surface area contributed by atoms with Crippen LogP contribution in [0.4, 0.5) is 19.1 Å². The maximum Gasteiger partial charge on any atom is 0.433 e. The van der Waals surface area contributed by atoms with Gasteiger partial charge in [0.15, 0.2) is 5.69 Å². The summed E-state index contributed by atoms with van der Waals surface area (Å²) in [5.41, 5.74) is 0.594. The van der Waals surface area contributed by atoms with Crippen molar-refractivity contribution < 1.29 is 17.9 Å². The lowest BCUT2D eigenvalue weighted by Crippen LogP contribution is -2.14. The molecule has 0 fully saturated rings. The molecule has 140 valence electrons. The number of hydrogen-bond donors (Lipinski definition) is 1. The average Bonchev–Trinajstić information content (AvgIpc) is 2.67. The quantitative estimate of drug-likeness (QED) is 0.655. The van der Waals surface area contributed by atoms with Crippen molar-refractivity contribution in [1.82, 2.24) is 9.97 Å². The van der Waals surface area contributed by atoms with Crippen molar-refractivity contribution in [3.8, 4) is 17.0 Å².